The average molecular weight is 229 g/mol. The fraction of sp³-hybridized carbons (Fsp3) is 0.400. The molecule has 0 atom stereocenters. The van der Waals surface area contributed by atoms with Crippen molar-refractivity contribution < 1.29 is 13.2 Å². The first-order valence-electron chi connectivity index (χ1n) is 4.61. The van der Waals surface area contributed by atoms with Crippen molar-refractivity contribution in [1.29, 1.82) is 0 Å². The molecule has 0 saturated carbocycles. The van der Waals surface area contributed by atoms with Gasteiger partial charge in [-0.2, -0.15) is 0 Å². The first-order chi connectivity index (χ1) is 6.80. The molecule has 2 N–H and O–H groups in total. The predicted molar refractivity (Wildman–Crippen MR) is 58.3 cm³/mol. The van der Waals surface area contributed by atoms with Crippen molar-refractivity contribution in [2.45, 2.75) is 31.8 Å². The lowest BCUT2D eigenvalue weighted by atomic mass is 10.2. The summed E-state index contributed by atoms with van der Waals surface area (Å²) in [6, 6.07) is 4.91. The summed E-state index contributed by atoms with van der Waals surface area (Å²) >= 11 is 0. The Balaban J connectivity index is 3.27. The quantitative estimate of drug-likeness (QED) is 0.852. The summed E-state index contributed by atoms with van der Waals surface area (Å²) in [5.74, 6) is 0.304. The van der Waals surface area contributed by atoms with Crippen LogP contribution in [0, 0.1) is 6.92 Å². The van der Waals surface area contributed by atoms with E-state index in [4.69, 9.17) is 9.88 Å². The van der Waals surface area contributed by atoms with Crippen LogP contribution in [0.2, 0.25) is 0 Å². The van der Waals surface area contributed by atoms with E-state index in [0.29, 0.717) is 5.75 Å². The van der Waals surface area contributed by atoms with Gasteiger partial charge in [0.15, 0.2) is 0 Å². The van der Waals surface area contributed by atoms with Gasteiger partial charge in [-0.15, -0.1) is 0 Å². The molecule has 0 aliphatic heterocycles. The summed E-state index contributed by atoms with van der Waals surface area (Å²) in [4.78, 5) is 0.0381. The number of benzene rings is 1. The van der Waals surface area contributed by atoms with E-state index >= 15 is 0 Å². The number of sulfonamides is 1. The van der Waals surface area contributed by atoms with Gasteiger partial charge in [0.05, 0.1) is 6.10 Å². The van der Waals surface area contributed by atoms with Gasteiger partial charge in [-0.25, -0.2) is 13.6 Å². The summed E-state index contributed by atoms with van der Waals surface area (Å²) < 4.78 is 27.9. The van der Waals surface area contributed by atoms with Gasteiger partial charge < -0.3 is 4.74 Å². The summed E-state index contributed by atoms with van der Waals surface area (Å²) in [5.41, 5.74) is 0.829. The van der Waals surface area contributed by atoms with E-state index in [1.165, 1.54) is 6.07 Å². The molecule has 0 aromatic heterocycles. The molecule has 1 aromatic rings. The third-order valence-corrected chi connectivity index (χ3v) is 2.70. The Bertz CT molecular complexity index is 452. The van der Waals surface area contributed by atoms with Crippen LogP contribution >= 0.6 is 0 Å². The predicted octanol–water partition coefficient (Wildman–Crippen LogP) is 1.43. The molecule has 1 aromatic carbocycles. The molecule has 84 valence electrons. The highest BCUT2D eigenvalue weighted by atomic mass is 32.2. The van der Waals surface area contributed by atoms with Crippen LogP contribution in [0.5, 0.6) is 5.75 Å². The summed E-state index contributed by atoms with van der Waals surface area (Å²) in [6.07, 6.45) is -0.0896. The topological polar surface area (TPSA) is 69.4 Å². The molecule has 0 fully saturated rings. The molecule has 4 nitrogen and oxygen atoms in total. The zero-order valence-corrected chi connectivity index (χ0v) is 9.84. The van der Waals surface area contributed by atoms with Gasteiger partial charge in [-0.3, -0.25) is 0 Å². The van der Waals surface area contributed by atoms with Crippen LogP contribution < -0.4 is 9.88 Å². The summed E-state index contributed by atoms with van der Waals surface area (Å²) in [6.45, 7) is 5.45. The standard InChI is InChI=1S/C10H15NO3S/c1-7(2)14-9-5-4-8(3)6-10(9)15(11,12)13/h4-7H,1-3H3,(H2,11,12,13). The Morgan fingerprint density at radius 3 is 2.40 bits per heavy atom. The van der Waals surface area contributed by atoms with Crippen molar-refractivity contribution in [2.75, 3.05) is 0 Å². The Kier molecular flexibility index (Phi) is 3.36. The number of hydrogen-bond acceptors (Lipinski definition) is 3. The number of primary sulfonamides is 1. The van der Waals surface area contributed by atoms with Crippen LogP contribution in [-0.2, 0) is 10.0 Å². The van der Waals surface area contributed by atoms with E-state index in [-0.39, 0.29) is 11.0 Å². The van der Waals surface area contributed by atoms with Crippen LogP contribution in [-0.4, -0.2) is 14.5 Å². The van der Waals surface area contributed by atoms with Gasteiger partial charge in [0, 0.05) is 0 Å². The van der Waals surface area contributed by atoms with Gasteiger partial charge >= 0.3 is 0 Å². The Hall–Kier alpha value is -1.07. The minimum atomic E-state index is -3.73. The van der Waals surface area contributed by atoms with Crippen LogP contribution in [0.4, 0.5) is 0 Å². The van der Waals surface area contributed by atoms with Crippen molar-refractivity contribution in [2.24, 2.45) is 5.14 Å². The number of nitrogens with two attached hydrogens (primary N) is 1. The number of hydrogen-bond donors (Lipinski definition) is 1. The average Bonchev–Trinajstić information content (AvgIpc) is 2.05. The van der Waals surface area contributed by atoms with Crippen molar-refractivity contribution in [3.05, 3.63) is 23.8 Å². The van der Waals surface area contributed by atoms with Crippen LogP contribution in [0.1, 0.15) is 19.4 Å². The monoisotopic (exact) mass is 229 g/mol. The number of rotatable bonds is 3. The normalized spacial score (nSPS) is 11.8. The molecule has 0 bridgehead atoms. The molecule has 0 unspecified atom stereocenters. The minimum Gasteiger partial charge on any atom is -0.490 e. The Labute approximate surface area is 90.1 Å². The highest BCUT2D eigenvalue weighted by Gasteiger charge is 2.15. The molecule has 0 radical (unpaired) electrons. The maximum absolute atomic E-state index is 11.3. The molecule has 15 heavy (non-hydrogen) atoms. The lowest BCUT2D eigenvalue weighted by Gasteiger charge is -2.13. The lowest BCUT2D eigenvalue weighted by molar-refractivity contribution is 0.236. The minimum absolute atomic E-state index is 0.0381. The van der Waals surface area contributed by atoms with Gasteiger partial charge in [-0.1, -0.05) is 6.07 Å². The Morgan fingerprint density at radius 1 is 1.33 bits per heavy atom. The molecule has 0 spiro atoms. The molecule has 0 saturated heterocycles. The fourth-order valence-corrected chi connectivity index (χ4v) is 1.94. The second-order valence-electron chi connectivity index (χ2n) is 3.66. The summed E-state index contributed by atoms with van der Waals surface area (Å²) in [7, 11) is -3.73. The van der Waals surface area contributed by atoms with Gasteiger partial charge in [-0.05, 0) is 38.5 Å². The van der Waals surface area contributed by atoms with Crippen molar-refractivity contribution in [1.82, 2.24) is 0 Å². The van der Waals surface area contributed by atoms with E-state index in [9.17, 15) is 8.42 Å². The highest BCUT2D eigenvalue weighted by molar-refractivity contribution is 7.89. The van der Waals surface area contributed by atoms with Crippen molar-refractivity contribution in [3.8, 4) is 5.75 Å². The van der Waals surface area contributed by atoms with Crippen LogP contribution in [0.3, 0.4) is 0 Å². The zero-order valence-electron chi connectivity index (χ0n) is 9.02. The van der Waals surface area contributed by atoms with E-state index in [1.54, 1.807) is 19.1 Å². The fourth-order valence-electron chi connectivity index (χ4n) is 1.19. The lowest BCUT2D eigenvalue weighted by Crippen LogP contribution is -2.16. The van der Waals surface area contributed by atoms with Crippen LogP contribution in [0.15, 0.2) is 23.1 Å². The molecule has 0 heterocycles. The highest BCUT2D eigenvalue weighted by Crippen LogP contribution is 2.24. The van der Waals surface area contributed by atoms with E-state index < -0.39 is 10.0 Å². The second kappa shape index (κ2) is 4.20. The molecular formula is C10H15NO3S. The number of aryl methyl sites for hydroxylation is 1. The third kappa shape index (κ3) is 3.21. The molecule has 1 rings (SSSR count). The van der Waals surface area contributed by atoms with Crippen molar-refractivity contribution >= 4 is 10.0 Å². The first kappa shape index (κ1) is 12.0. The van der Waals surface area contributed by atoms with E-state index in [1.807, 2.05) is 13.8 Å². The van der Waals surface area contributed by atoms with Crippen molar-refractivity contribution in [3.63, 3.8) is 0 Å². The van der Waals surface area contributed by atoms with Gasteiger partial charge in [0.1, 0.15) is 10.6 Å². The SMILES string of the molecule is Cc1ccc(OC(C)C)c(S(N)(=O)=O)c1. The smallest absolute Gasteiger partial charge is 0.241 e. The molecule has 0 aliphatic carbocycles. The number of ether oxygens (including phenoxy) is 1. The molecule has 5 heteroatoms. The van der Waals surface area contributed by atoms with E-state index in [2.05, 4.69) is 0 Å². The maximum atomic E-state index is 11.3. The first-order valence-corrected chi connectivity index (χ1v) is 6.15. The molecule has 0 aliphatic rings. The van der Waals surface area contributed by atoms with E-state index in [0.717, 1.165) is 5.56 Å². The van der Waals surface area contributed by atoms with Crippen LogP contribution in [0.25, 0.3) is 0 Å². The molecular weight excluding hydrogens is 214 g/mol. The van der Waals surface area contributed by atoms with Gasteiger partial charge in [0.25, 0.3) is 0 Å². The summed E-state index contributed by atoms with van der Waals surface area (Å²) in [5, 5.41) is 5.09. The largest absolute Gasteiger partial charge is 0.490 e. The molecule has 0 amide bonds. The second-order valence-corrected chi connectivity index (χ2v) is 5.19. The zero-order chi connectivity index (χ0) is 11.6. The van der Waals surface area contributed by atoms with Gasteiger partial charge in [0.2, 0.25) is 10.0 Å². The third-order valence-electron chi connectivity index (χ3n) is 1.77. The Morgan fingerprint density at radius 2 is 1.93 bits per heavy atom. The maximum Gasteiger partial charge on any atom is 0.241 e.